The fourth-order valence-electron chi connectivity index (χ4n) is 0.801. The van der Waals surface area contributed by atoms with Crippen molar-refractivity contribution in [3.05, 3.63) is 16.7 Å². The Morgan fingerprint density at radius 1 is 1.77 bits per heavy atom. The van der Waals surface area contributed by atoms with Gasteiger partial charge in [-0.2, -0.15) is 0 Å². The third-order valence-electron chi connectivity index (χ3n) is 1.39. The van der Waals surface area contributed by atoms with Gasteiger partial charge >= 0.3 is 51.4 Å². The molecule has 0 saturated carbocycles. The largest absolute Gasteiger partial charge is 1.00 e. The van der Waals surface area contributed by atoms with Crippen LogP contribution in [0.25, 0.3) is 0 Å². The third kappa shape index (κ3) is 4.50. The number of carboxylic acid groups (broad SMARTS) is 1. The van der Waals surface area contributed by atoms with E-state index in [1.165, 1.54) is 0 Å². The van der Waals surface area contributed by atoms with Crippen molar-refractivity contribution in [3.63, 3.8) is 0 Å². The third-order valence-corrected chi connectivity index (χ3v) is 1.61. The summed E-state index contributed by atoms with van der Waals surface area (Å²) in [4.78, 5) is 15.7. The summed E-state index contributed by atoms with van der Waals surface area (Å²) in [6, 6.07) is -0.994. The number of rotatable bonds is 3. The van der Waals surface area contributed by atoms with Crippen LogP contribution in [0, 0.1) is 4.77 Å². The Morgan fingerprint density at radius 3 is 2.77 bits per heavy atom. The Balaban J connectivity index is 0.00000144. The van der Waals surface area contributed by atoms with Gasteiger partial charge in [0.25, 0.3) is 0 Å². The van der Waals surface area contributed by atoms with Gasteiger partial charge in [-0.15, -0.1) is 0 Å². The van der Waals surface area contributed by atoms with Gasteiger partial charge in [0, 0.05) is 24.4 Å². The van der Waals surface area contributed by atoms with E-state index in [0.717, 1.165) is 0 Å². The van der Waals surface area contributed by atoms with Crippen molar-refractivity contribution in [1.29, 1.82) is 0 Å². The number of carboxylic acids is 1. The predicted octanol–water partition coefficient (Wildman–Crippen LogP) is -4.30. The van der Waals surface area contributed by atoms with Gasteiger partial charge in [-0.1, -0.05) is 0 Å². The minimum atomic E-state index is -1.27. The van der Waals surface area contributed by atoms with Gasteiger partial charge < -0.3 is 25.6 Å². The minimum absolute atomic E-state index is 0. The molecule has 1 aromatic heterocycles. The average molecular weight is 225 g/mol. The molecule has 0 aliphatic carbocycles. The molecule has 0 bridgehead atoms. The molecular weight excluding hydrogens is 217 g/mol. The van der Waals surface area contributed by atoms with E-state index in [2.05, 4.69) is 9.97 Å². The van der Waals surface area contributed by atoms with E-state index in [-0.39, 0.29) is 57.8 Å². The fraction of sp³-hybridized carbons (Fsp3) is 0.333. The maximum Gasteiger partial charge on any atom is 1.00 e. The minimum Gasteiger partial charge on any atom is -0.548 e. The first kappa shape index (κ1) is 13.5. The molecule has 7 heteroatoms. The van der Waals surface area contributed by atoms with E-state index < -0.39 is 12.0 Å². The van der Waals surface area contributed by atoms with Crippen molar-refractivity contribution in [3.8, 4) is 0 Å². The first-order valence-electron chi connectivity index (χ1n) is 3.32. The predicted molar refractivity (Wildman–Crippen MR) is 42.7 cm³/mol. The molecule has 1 aromatic rings. The van der Waals surface area contributed by atoms with Crippen molar-refractivity contribution in [2.45, 2.75) is 12.5 Å². The topological polar surface area (TPSA) is 97.7 Å². The molecule has 1 rings (SSSR count). The zero-order valence-electron chi connectivity index (χ0n) is 7.16. The number of nitrogens with two attached hydrogens (primary N) is 1. The maximum atomic E-state index is 10.2. The number of aliphatic carboxylic acids is 1. The molecule has 0 aliphatic rings. The Labute approximate surface area is 123 Å². The Hall–Kier alpha value is 0.496. The zero-order chi connectivity index (χ0) is 9.14. The molecule has 13 heavy (non-hydrogen) atoms. The molecule has 1 heterocycles. The summed E-state index contributed by atoms with van der Waals surface area (Å²) < 4.78 is 0.454. The van der Waals surface area contributed by atoms with Crippen molar-refractivity contribution < 1.29 is 61.3 Å². The number of carbonyl (C=O) groups is 1. The molecule has 66 valence electrons. The smallest absolute Gasteiger partial charge is 0.548 e. The van der Waals surface area contributed by atoms with E-state index >= 15 is 0 Å². The summed E-state index contributed by atoms with van der Waals surface area (Å²) >= 11 is 4.74. The summed E-state index contributed by atoms with van der Waals surface area (Å²) in [7, 11) is 0. The first-order valence-corrected chi connectivity index (χ1v) is 3.73. The van der Waals surface area contributed by atoms with Crippen molar-refractivity contribution >= 4 is 18.2 Å². The number of nitrogens with one attached hydrogen (secondary N) is 2. The Bertz CT molecular complexity index is 335. The molecule has 0 saturated heterocycles. The molecular formula is C6H8KN3O2S. The van der Waals surface area contributed by atoms with Gasteiger partial charge in [-0.3, -0.25) is 0 Å². The Morgan fingerprint density at radius 2 is 2.38 bits per heavy atom. The molecule has 0 radical (unpaired) electrons. The number of hydrogen-bond acceptors (Lipinski definition) is 4. The number of H-pyrrole nitrogens is 2. The number of imidazole rings is 1. The van der Waals surface area contributed by atoms with Gasteiger partial charge in [-0.25, -0.2) is 0 Å². The van der Waals surface area contributed by atoms with Gasteiger partial charge in [0.05, 0.1) is 5.97 Å². The van der Waals surface area contributed by atoms with E-state index in [0.29, 0.717) is 10.5 Å². The summed E-state index contributed by atoms with van der Waals surface area (Å²) in [5.41, 5.74) is 5.89. The van der Waals surface area contributed by atoms with E-state index in [9.17, 15) is 9.90 Å². The second-order valence-electron chi connectivity index (χ2n) is 2.40. The molecule has 4 N–H and O–H groups in total. The van der Waals surface area contributed by atoms with Gasteiger partial charge in [0.15, 0.2) is 4.77 Å². The second kappa shape index (κ2) is 6.07. The van der Waals surface area contributed by atoms with Crippen LogP contribution in [0.2, 0.25) is 0 Å². The van der Waals surface area contributed by atoms with Crippen molar-refractivity contribution in [1.82, 2.24) is 9.97 Å². The molecule has 0 amide bonds. The Kier molecular flexibility index (Phi) is 6.30. The van der Waals surface area contributed by atoms with Crippen LogP contribution in [0.5, 0.6) is 0 Å². The van der Waals surface area contributed by atoms with E-state index in [1.54, 1.807) is 6.20 Å². The second-order valence-corrected chi connectivity index (χ2v) is 2.81. The van der Waals surface area contributed by atoms with Gasteiger partial charge in [0.2, 0.25) is 0 Å². The summed E-state index contributed by atoms with van der Waals surface area (Å²) in [5.74, 6) is -1.27. The van der Waals surface area contributed by atoms with Crippen molar-refractivity contribution in [2.24, 2.45) is 5.73 Å². The summed E-state index contributed by atoms with van der Waals surface area (Å²) in [6.45, 7) is 0. The number of aromatic nitrogens is 2. The summed E-state index contributed by atoms with van der Waals surface area (Å²) in [6.07, 6.45) is 1.78. The standard InChI is InChI=1S/C6H9N3O2S.K/c7-4(5(10)11)1-3-2-8-6(12)9-3;/h2,4H,1,7H2,(H,10,11)(H2,8,9,12);/q;+1/p-1. The van der Waals surface area contributed by atoms with E-state index in [4.69, 9.17) is 18.0 Å². The summed E-state index contributed by atoms with van der Waals surface area (Å²) in [5, 5.41) is 10.2. The van der Waals surface area contributed by atoms with Gasteiger partial charge in [-0.05, 0) is 12.2 Å². The van der Waals surface area contributed by atoms with Crippen LogP contribution in [0.1, 0.15) is 5.69 Å². The SMILES string of the molecule is NC(Cc1c[nH]c(=S)[nH]1)C(=O)[O-].[K+]. The monoisotopic (exact) mass is 225 g/mol. The first-order chi connectivity index (χ1) is 5.59. The van der Waals surface area contributed by atoms with Crippen molar-refractivity contribution in [2.75, 3.05) is 0 Å². The maximum absolute atomic E-state index is 10.2. The normalized spacial score (nSPS) is 11.8. The van der Waals surface area contributed by atoms with Crippen LogP contribution in [-0.4, -0.2) is 22.0 Å². The van der Waals surface area contributed by atoms with Crippen LogP contribution in [-0.2, 0) is 11.2 Å². The van der Waals surface area contributed by atoms with E-state index in [1.807, 2.05) is 0 Å². The number of aromatic amines is 2. The molecule has 1 unspecified atom stereocenters. The number of hydrogen-bond donors (Lipinski definition) is 3. The molecule has 5 nitrogen and oxygen atoms in total. The van der Waals surface area contributed by atoms with Crippen LogP contribution in [0.4, 0.5) is 0 Å². The zero-order valence-corrected chi connectivity index (χ0v) is 11.1. The van der Waals surface area contributed by atoms with Crippen LogP contribution in [0.3, 0.4) is 0 Å². The number of carbonyl (C=O) groups excluding carboxylic acids is 1. The van der Waals surface area contributed by atoms with Gasteiger partial charge in [0.1, 0.15) is 0 Å². The van der Waals surface area contributed by atoms with Crippen LogP contribution in [0.15, 0.2) is 6.20 Å². The van der Waals surface area contributed by atoms with Crippen LogP contribution >= 0.6 is 12.2 Å². The molecule has 0 aromatic carbocycles. The molecule has 1 atom stereocenters. The molecule has 0 aliphatic heterocycles. The van der Waals surface area contributed by atoms with Crippen LogP contribution < -0.4 is 62.2 Å². The molecule has 0 spiro atoms. The quantitative estimate of drug-likeness (QED) is 0.358. The molecule has 0 fully saturated rings. The fourth-order valence-corrected chi connectivity index (χ4v) is 0.991. The average Bonchev–Trinajstić information content (AvgIpc) is 2.35.